The average molecular weight is 253 g/mol. The molecule has 5 heteroatoms. The molecule has 3 aliphatic carbocycles. The predicted octanol–water partition coefficient (Wildman–Crippen LogP) is 1.80. The molecule has 2 bridgehead atoms. The predicted molar refractivity (Wildman–Crippen MR) is 59.9 cm³/mol. The van der Waals surface area contributed by atoms with Crippen LogP contribution in [0.2, 0.25) is 0 Å². The Morgan fingerprint density at radius 2 is 1.94 bits per heavy atom. The third kappa shape index (κ3) is 1.28. The Labute approximate surface area is 103 Å². The lowest BCUT2D eigenvalue weighted by Gasteiger charge is -2.72. The summed E-state index contributed by atoms with van der Waals surface area (Å²) in [4.78, 5) is 10.9. The molecule has 1 atom stereocenters. The second kappa shape index (κ2) is 3.29. The fourth-order valence-corrected chi connectivity index (χ4v) is 3.65. The Morgan fingerprint density at radius 1 is 1.33 bits per heavy atom. The van der Waals surface area contributed by atoms with Crippen LogP contribution in [0.15, 0.2) is 18.2 Å². The zero-order chi connectivity index (χ0) is 13.1. The first kappa shape index (κ1) is 11.6. The SMILES string of the molecule is NC(C(=O)O)C12CC(c3cc(F)ccc3F)(C1)C2. The van der Waals surface area contributed by atoms with Gasteiger partial charge >= 0.3 is 5.97 Å². The quantitative estimate of drug-likeness (QED) is 0.863. The van der Waals surface area contributed by atoms with Crippen molar-refractivity contribution in [3.8, 4) is 0 Å². The van der Waals surface area contributed by atoms with Gasteiger partial charge in [0.1, 0.15) is 17.7 Å². The number of hydrogen-bond donors (Lipinski definition) is 2. The molecular weight excluding hydrogens is 240 g/mol. The highest BCUT2D eigenvalue weighted by Gasteiger charge is 2.72. The summed E-state index contributed by atoms with van der Waals surface area (Å²) in [5.74, 6) is -1.91. The van der Waals surface area contributed by atoms with Crippen molar-refractivity contribution in [3.63, 3.8) is 0 Å². The van der Waals surface area contributed by atoms with Crippen LogP contribution in [0.3, 0.4) is 0 Å². The third-order valence-corrected chi connectivity index (χ3v) is 4.50. The number of rotatable bonds is 3. The number of carboxylic acid groups (broad SMARTS) is 1. The summed E-state index contributed by atoms with van der Waals surface area (Å²) in [7, 11) is 0. The van der Waals surface area contributed by atoms with Gasteiger partial charge in [0.25, 0.3) is 0 Å². The number of carbonyl (C=O) groups is 1. The van der Waals surface area contributed by atoms with Crippen LogP contribution in [0.25, 0.3) is 0 Å². The zero-order valence-corrected chi connectivity index (χ0v) is 9.62. The van der Waals surface area contributed by atoms with Crippen LogP contribution in [-0.2, 0) is 10.2 Å². The van der Waals surface area contributed by atoms with E-state index < -0.39 is 29.1 Å². The minimum Gasteiger partial charge on any atom is -0.480 e. The molecule has 3 nitrogen and oxygen atoms in total. The average Bonchev–Trinajstić information content (AvgIpc) is 2.19. The molecule has 0 amide bonds. The van der Waals surface area contributed by atoms with Gasteiger partial charge in [-0.25, -0.2) is 8.78 Å². The molecule has 96 valence electrons. The molecule has 1 aromatic carbocycles. The van der Waals surface area contributed by atoms with E-state index in [9.17, 15) is 13.6 Å². The molecule has 0 aromatic heterocycles. The molecule has 3 aliphatic rings. The highest BCUT2D eigenvalue weighted by Crippen LogP contribution is 2.74. The van der Waals surface area contributed by atoms with Crippen LogP contribution in [-0.4, -0.2) is 17.1 Å². The van der Waals surface area contributed by atoms with Gasteiger partial charge in [-0.05, 0) is 48.4 Å². The van der Waals surface area contributed by atoms with Gasteiger partial charge in [-0.15, -0.1) is 0 Å². The molecule has 0 saturated heterocycles. The lowest BCUT2D eigenvalue weighted by Crippen LogP contribution is -2.72. The number of carboxylic acids is 1. The second-order valence-corrected chi connectivity index (χ2v) is 5.61. The summed E-state index contributed by atoms with van der Waals surface area (Å²) in [6.07, 6.45) is 1.61. The maximum absolute atomic E-state index is 13.7. The van der Waals surface area contributed by atoms with E-state index in [0.717, 1.165) is 12.1 Å². The summed E-state index contributed by atoms with van der Waals surface area (Å²) < 4.78 is 26.8. The Kier molecular flexibility index (Phi) is 2.12. The van der Waals surface area contributed by atoms with Crippen molar-refractivity contribution in [2.75, 3.05) is 0 Å². The van der Waals surface area contributed by atoms with Crippen molar-refractivity contribution in [2.24, 2.45) is 11.1 Å². The standard InChI is InChI=1S/C13H13F2NO2/c14-7-1-2-9(15)8(3-7)12-4-13(5-12,6-12)10(16)11(17)18/h1-3,10H,4-6,16H2,(H,17,18). The third-order valence-electron chi connectivity index (χ3n) is 4.50. The molecule has 0 radical (unpaired) electrons. The molecule has 1 unspecified atom stereocenters. The monoisotopic (exact) mass is 253 g/mol. The second-order valence-electron chi connectivity index (χ2n) is 5.61. The summed E-state index contributed by atoms with van der Waals surface area (Å²) >= 11 is 0. The summed E-state index contributed by atoms with van der Waals surface area (Å²) in [5.41, 5.74) is 5.19. The molecular formula is C13H13F2NO2. The van der Waals surface area contributed by atoms with Gasteiger partial charge in [0.15, 0.2) is 0 Å². The van der Waals surface area contributed by atoms with E-state index >= 15 is 0 Å². The lowest BCUT2D eigenvalue weighted by molar-refractivity contribution is -0.179. The number of hydrogen-bond acceptors (Lipinski definition) is 2. The van der Waals surface area contributed by atoms with Crippen molar-refractivity contribution >= 4 is 5.97 Å². The van der Waals surface area contributed by atoms with Gasteiger partial charge in [0.2, 0.25) is 0 Å². The number of aliphatic carboxylic acids is 1. The highest BCUT2D eigenvalue weighted by atomic mass is 19.1. The van der Waals surface area contributed by atoms with Gasteiger partial charge in [0.05, 0.1) is 0 Å². The normalized spacial score (nSPS) is 34.4. The summed E-state index contributed by atoms with van der Waals surface area (Å²) in [5, 5.41) is 8.90. The summed E-state index contributed by atoms with van der Waals surface area (Å²) in [6.45, 7) is 0. The minimum atomic E-state index is -1.02. The van der Waals surface area contributed by atoms with Gasteiger partial charge in [-0.3, -0.25) is 4.79 Å². The van der Waals surface area contributed by atoms with E-state index in [1.165, 1.54) is 6.07 Å². The van der Waals surface area contributed by atoms with Crippen molar-refractivity contribution in [3.05, 3.63) is 35.4 Å². The molecule has 1 aromatic rings. The molecule has 3 N–H and O–H groups in total. The first-order chi connectivity index (χ1) is 8.39. The fourth-order valence-electron chi connectivity index (χ4n) is 3.65. The largest absolute Gasteiger partial charge is 0.480 e. The van der Waals surface area contributed by atoms with Crippen LogP contribution in [0.1, 0.15) is 24.8 Å². The number of nitrogens with two attached hydrogens (primary N) is 1. The van der Waals surface area contributed by atoms with Crippen LogP contribution in [0, 0.1) is 17.0 Å². The van der Waals surface area contributed by atoms with Crippen LogP contribution >= 0.6 is 0 Å². The molecule has 0 heterocycles. The van der Waals surface area contributed by atoms with Crippen molar-refractivity contribution in [1.82, 2.24) is 0 Å². The van der Waals surface area contributed by atoms with Gasteiger partial charge in [0, 0.05) is 5.41 Å². The molecule has 0 aliphatic heterocycles. The first-order valence-electron chi connectivity index (χ1n) is 5.83. The molecule has 3 fully saturated rings. The van der Waals surface area contributed by atoms with E-state index in [4.69, 9.17) is 10.8 Å². The fraction of sp³-hybridized carbons (Fsp3) is 0.462. The maximum atomic E-state index is 13.7. The molecule has 4 rings (SSSR count). The van der Waals surface area contributed by atoms with E-state index in [0.29, 0.717) is 24.8 Å². The van der Waals surface area contributed by atoms with Crippen LogP contribution < -0.4 is 5.73 Å². The smallest absolute Gasteiger partial charge is 0.321 e. The van der Waals surface area contributed by atoms with E-state index in [2.05, 4.69) is 0 Å². The number of benzene rings is 1. The Hall–Kier alpha value is -1.49. The van der Waals surface area contributed by atoms with E-state index in [1.807, 2.05) is 0 Å². The highest BCUT2D eigenvalue weighted by molar-refractivity contribution is 5.76. The van der Waals surface area contributed by atoms with Crippen molar-refractivity contribution < 1.29 is 18.7 Å². The van der Waals surface area contributed by atoms with E-state index in [-0.39, 0.29) is 5.41 Å². The molecule has 18 heavy (non-hydrogen) atoms. The molecule has 0 spiro atoms. The van der Waals surface area contributed by atoms with Crippen molar-refractivity contribution in [2.45, 2.75) is 30.7 Å². The zero-order valence-electron chi connectivity index (χ0n) is 9.62. The van der Waals surface area contributed by atoms with Gasteiger partial charge in [-0.2, -0.15) is 0 Å². The van der Waals surface area contributed by atoms with Crippen molar-refractivity contribution in [1.29, 1.82) is 0 Å². The van der Waals surface area contributed by atoms with Gasteiger partial charge in [-0.1, -0.05) is 0 Å². The first-order valence-corrected chi connectivity index (χ1v) is 5.83. The maximum Gasteiger partial charge on any atom is 0.321 e. The Balaban J connectivity index is 1.84. The Morgan fingerprint density at radius 3 is 2.50 bits per heavy atom. The summed E-state index contributed by atoms with van der Waals surface area (Å²) in [6, 6.07) is 2.51. The van der Waals surface area contributed by atoms with Crippen LogP contribution in [0.4, 0.5) is 8.78 Å². The molecule has 3 saturated carbocycles. The Bertz CT molecular complexity index is 524. The van der Waals surface area contributed by atoms with Gasteiger partial charge < -0.3 is 10.8 Å². The van der Waals surface area contributed by atoms with Crippen LogP contribution in [0.5, 0.6) is 0 Å². The van der Waals surface area contributed by atoms with E-state index in [1.54, 1.807) is 0 Å². The topological polar surface area (TPSA) is 63.3 Å². The lowest BCUT2D eigenvalue weighted by atomic mass is 9.31. The minimum absolute atomic E-state index is 0.363. The number of halogens is 2.